The van der Waals surface area contributed by atoms with Crippen LogP contribution in [0.2, 0.25) is 0 Å². The van der Waals surface area contributed by atoms with Gasteiger partial charge in [0.05, 0.1) is 0 Å². The first-order valence-electron chi connectivity index (χ1n) is 1.59. The Morgan fingerprint density at radius 3 is 0.467 bits per heavy atom. The second-order valence-corrected chi connectivity index (χ2v) is 0. The quantitative estimate of drug-likeness (QED) is 0.465. The van der Waals surface area contributed by atoms with Gasteiger partial charge >= 0.3 is 46.0 Å². The van der Waals surface area contributed by atoms with Crippen LogP contribution in [0.1, 0.15) is 0 Å². The fraction of sp³-hybridized carbons (Fsp3) is 0. The summed E-state index contributed by atoms with van der Waals surface area (Å²) in [6.45, 7) is 28.5. The molecule has 0 amide bonds. The van der Waals surface area contributed by atoms with Gasteiger partial charge in [-0.2, -0.15) is 0 Å². The predicted octanol–water partition coefficient (Wildman–Crippen LogP) is 0.571. The van der Waals surface area contributed by atoms with Crippen molar-refractivity contribution in [3.63, 3.8) is 0 Å². The third-order valence-electron chi connectivity index (χ3n) is 0. The van der Waals surface area contributed by atoms with Gasteiger partial charge in [0.1, 0.15) is 0 Å². The van der Waals surface area contributed by atoms with Crippen LogP contribution in [0, 0.1) is 71.0 Å². The van der Waals surface area contributed by atoms with Gasteiger partial charge in [-0.05, 0) is 0 Å². The average Bonchev–Trinajstić information content (AvgIpc) is 2.45. The van der Waals surface area contributed by atoms with E-state index < -0.39 is 0 Å². The van der Waals surface area contributed by atoms with Gasteiger partial charge in [-0.15, -0.1) is 0 Å². The van der Waals surface area contributed by atoms with Gasteiger partial charge in [-0.25, -0.2) is 0 Å². The van der Waals surface area contributed by atoms with E-state index in [2.05, 4.69) is 13.2 Å². The second kappa shape index (κ2) is 868. The van der Waals surface area contributed by atoms with E-state index in [1.54, 1.807) is 0 Å². The van der Waals surface area contributed by atoms with Crippen molar-refractivity contribution in [3.8, 4) is 0 Å². The van der Waals surface area contributed by atoms with Crippen LogP contribution < -0.4 is 0 Å². The Morgan fingerprint density at radius 2 is 0.467 bits per heavy atom. The first-order chi connectivity index (χ1) is 7.00. The Balaban J connectivity index is -0.00000000628. The van der Waals surface area contributed by atoms with Crippen LogP contribution in [0.5, 0.6) is 0 Å². The molecule has 79 valence electrons. The van der Waals surface area contributed by atoms with Gasteiger partial charge < -0.3 is 71.0 Å². The maximum atomic E-state index is 6.25. The summed E-state index contributed by atoms with van der Waals surface area (Å²) < 4.78 is 0. The Morgan fingerprint density at radius 1 is 0.467 bits per heavy atom. The van der Waals surface area contributed by atoms with Crippen molar-refractivity contribution in [1.82, 2.24) is 0 Å². The number of nitrogens with zero attached hydrogens (tertiary/aromatic N) is 6. The molecule has 0 saturated carbocycles. The van der Waals surface area contributed by atoms with E-state index in [0.717, 1.165) is 15.8 Å². The summed E-state index contributed by atoms with van der Waals surface area (Å²) in [7, 11) is 0. The van der Waals surface area contributed by atoms with Crippen molar-refractivity contribution in [2.45, 2.75) is 0 Å². The molecule has 6 nitrogen and oxygen atoms in total. The van der Waals surface area contributed by atoms with Crippen LogP contribution in [0.25, 0.3) is 0 Å². The molecule has 0 unspecified atom stereocenters. The monoisotopic (exact) mass is 339 g/mol. The van der Waals surface area contributed by atoms with Crippen LogP contribution >= 0.6 is 0 Å². The molecule has 0 fully saturated rings. The second-order valence-electron chi connectivity index (χ2n) is 0. The molecule has 0 rings (SSSR count). The molecule has 0 aliphatic heterocycles. The molecular weight excluding hydrogens is 341 g/mol. The molecule has 0 bridgehead atoms. The molecule has 0 aromatic carbocycles. The molecule has 0 aromatic heterocycles. The van der Waals surface area contributed by atoms with Crippen molar-refractivity contribution in [2.24, 2.45) is 0 Å². The Kier molecular flexibility index (Phi) is 3980. The summed E-state index contributed by atoms with van der Waals surface area (Å²) >= 11 is 4.50. The van der Waals surface area contributed by atoms with Gasteiger partial charge in [0, 0.05) is 0 Å². The zero-order chi connectivity index (χ0) is 14.0. The van der Waals surface area contributed by atoms with Gasteiger partial charge in [0.25, 0.3) is 0 Å². The molecule has 0 atom stereocenters. The first kappa shape index (κ1) is 68.8. The molecule has 15 heavy (non-hydrogen) atoms. The standard InChI is InChI=1S/6CN.Cu.Fe.Zn/c6*1-2;;;/q6*-1;+2;;. The molecule has 0 aliphatic rings. The zero-order valence-electron chi connectivity index (χ0n) is 7.05. The summed E-state index contributed by atoms with van der Waals surface area (Å²) in [5.74, 6) is 0. The molecule has 0 N–H and O–H groups in total. The normalized spacial score (nSPS) is 1.27. The number of hydrogen-bond donors (Lipinski definition) is 0. The molecule has 1 radical (unpaired) electrons. The molecule has 0 saturated heterocycles. The van der Waals surface area contributed by atoms with E-state index in [9.17, 15) is 0 Å². The molecular formula is C6CuFeN6Zn-4. The first-order valence-corrected chi connectivity index (χ1v) is 6.70. The van der Waals surface area contributed by atoms with E-state index in [0.29, 0.717) is 0 Å². The van der Waals surface area contributed by atoms with Crippen molar-refractivity contribution in [3.05, 3.63) is 39.4 Å². The van der Waals surface area contributed by atoms with Crippen LogP contribution in [-0.4, -0.2) is 0 Å². The minimum atomic E-state index is 0. The van der Waals surface area contributed by atoms with Crippen LogP contribution in [-0.2, 0) is 46.0 Å². The molecule has 0 heterocycles. The van der Waals surface area contributed by atoms with E-state index in [-0.39, 0.29) is 17.1 Å². The molecule has 0 aromatic rings. The molecule has 0 aliphatic carbocycles. The molecule has 9 heteroatoms. The molecule has 0 spiro atoms. The number of hydrogen-bond acceptors (Lipinski definition) is 6. The fourth-order valence-corrected chi connectivity index (χ4v) is 0. The Hall–Kier alpha value is -1.40. The predicted molar refractivity (Wildman–Crippen MR) is 29.8 cm³/mol. The summed E-state index contributed by atoms with van der Waals surface area (Å²) in [6.07, 6.45) is 0. The van der Waals surface area contributed by atoms with Crippen molar-refractivity contribution >= 4 is 0 Å². The summed E-state index contributed by atoms with van der Waals surface area (Å²) in [4.78, 5) is 0. The third kappa shape index (κ3) is 725. The van der Waals surface area contributed by atoms with Gasteiger partial charge in [0.2, 0.25) is 0 Å². The van der Waals surface area contributed by atoms with E-state index in [4.69, 9.17) is 71.0 Å². The van der Waals surface area contributed by atoms with Crippen molar-refractivity contribution in [2.75, 3.05) is 0 Å². The average molecular weight is 341 g/mol. The third-order valence-corrected chi connectivity index (χ3v) is 0. The minimum absolute atomic E-state index is 0. The van der Waals surface area contributed by atoms with E-state index >= 15 is 0 Å². The van der Waals surface area contributed by atoms with Crippen LogP contribution in [0.3, 0.4) is 0 Å². The van der Waals surface area contributed by atoms with Gasteiger partial charge in [-0.3, -0.25) is 0 Å². The van der Waals surface area contributed by atoms with Crippen molar-refractivity contribution < 1.29 is 46.0 Å². The number of rotatable bonds is 0. The SMILES string of the molecule is [C-]#N.[C-]#N.[C-]#N.[C-]#N.[C-]#N.[C-]#N.[Cu+2].[Fe]=[Zn]. The van der Waals surface area contributed by atoms with Crippen LogP contribution in [0.15, 0.2) is 0 Å². The zero-order valence-corrected chi connectivity index (χ0v) is 12.1. The Labute approximate surface area is 116 Å². The fourth-order valence-electron chi connectivity index (χ4n) is 0. The summed E-state index contributed by atoms with van der Waals surface area (Å²) in [5, 5.41) is 37.5. The van der Waals surface area contributed by atoms with Gasteiger partial charge in [-0.1, -0.05) is 0 Å². The van der Waals surface area contributed by atoms with E-state index in [1.807, 2.05) is 0 Å². The maximum absolute atomic E-state index is 6.25. The Bertz CT molecular complexity index is 114. The topological polar surface area (TPSA) is 143 Å². The van der Waals surface area contributed by atoms with E-state index in [1.165, 1.54) is 0 Å². The van der Waals surface area contributed by atoms with Gasteiger partial charge in [0.15, 0.2) is 0 Å². The van der Waals surface area contributed by atoms with Crippen molar-refractivity contribution in [1.29, 1.82) is 31.6 Å². The van der Waals surface area contributed by atoms with Crippen LogP contribution in [0.4, 0.5) is 0 Å². The summed E-state index contributed by atoms with van der Waals surface area (Å²) in [5.41, 5.74) is 0. The summed E-state index contributed by atoms with van der Waals surface area (Å²) in [6, 6.07) is 0.